The molecule has 2 heteroatoms. The molecular formula is C127H85NS. The number of aromatic nitrogens is 1. The molecule has 2 aromatic heterocycles. The molecule has 1 nitrogen and oxygen atoms in total. The summed E-state index contributed by atoms with van der Waals surface area (Å²) < 4.78 is 678. The average Bonchev–Trinajstić information content (AvgIpc) is 1.41. The van der Waals surface area contributed by atoms with Crippen molar-refractivity contribution >= 4 is 161 Å². The molecule has 26 aromatic rings. The Hall–Kier alpha value is -16.1. The monoisotopic (exact) mass is 1730 g/mol. The quantitative estimate of drug-likeness (QED) is 0.127. The van der Waals surface area contributed by atoms with Crippen molar-refractivity contribution in [3.8, 4) is 94.7 Å². The summed E-state index contributed by atoms with van der Waals surface area (Å²) in [6.07, 6.45) is 0. The standard InChI is InChI=1S/C43H29N.C43H28S.C41H28/c1-28-17-23-40-39-15-6-7-16-42(39)44(43(40)25-28)33-21-18-29(19-22-33)30-9-8-10-31(26-30)32-20-24-38-36-13-3-2-11-34(36)35-12-4-5-14-37(35)41(38)27-32;1-27-10-6-12-30(24-27)32-18-8-20-39-40-21-9-19-33(43(40)44-42(32)39)31-13-7-11-28(25-31)29-22-23-38-36-16-3-2-14-34(36)35-15-4-5-17-37(35)41(38)26-29;1-27-13-14-28-15-16-34(25-37(28)21-27)33-20-19-31-22-30(17-18-32(31)23-33)29-8-6-9-35(24-29)41-26-36-7-2-3-10-38(36)39-11-4-5-12-40(39)41/h2-27H,1H3;2-26H,1H3;2-26H,1H3/i2D,3D,4D,5D,6D,7D,8D,9D,10D,11D,12D,13D,14D,15D,16D,17D,18D,19D,20D,21D,22D,23D,24D,25D,26D,27D;2*2D,3D,4D,5D,6D,7D,8D,9D,10D,11D,12D,13D,14D,15D,16D,17D,18D,19D,20D,21D,22D,23D,24D,25D,26D. The van der Waals surface area contributed by atoms with Crippen molar-refractivity contribution in [2.24, 2.45) is 0 Å². The van der Waals surface area contributed by atoms with Gasteiger partial charge in [-0.25, -0.2) is 0 Å². The van der Waals surface area contributed by atoms with E-state index in [4.69, 9.17) is 78.1 Å². The summed E-state index contributed by atoms with van der Waals surface area (Å²) in [6, 6.07) is -61.8. The molecule has 0 fully saturated rings. The highest BCUT2D eigenvalue weighted by Gasteiger charge is 2.20. The van der Waals surface area contributed by atoms with Crippen molar-refractivity contribution in [2.75, 3.05) is 0 Å². The zero-order valence-electron chi connectivity index (χ0n) is 142. The Morgan fingerprint density at radius 1 is 0.163 bits per heavy atom. The van der Waals surface area contributed by atoms with Crippen molar-refractivity contribution in [1.29, 1.82) is 0 Å². The Bertz CT molecular complexity index is 13800. The predicted octanol–water partition coefficient (Wildman–Crippen LogP) is 36.3. The Kier molecular flexibility index (Phi) is 7.77. The summed E-state index contributed by atoms with van der Waals surface area (Å²) in [4.78, 5) is 0. The van der Waals surface area contributed by atoms with Crippen LogP contribution in [0.5, 0.6) is 0 Å². The van der Waals surface area contributed by atoms with E-state index in [9.17, 15) is 26.0 Å². The lowest BCUT2D eigenvalue weighted by Gasteiger charge is -2.13. The van der Waals surface area contributed by atoms with Gasteiger partial charge in [0, 0.05) is 36.6 Å². The molecule has 0 amide bonds. The lowest BCUT2D eigenvalue weighted by Crippen LogP contribution is -1.94. The van der Waals surface area contributed by atoms with Gasteiger partial charge >= 0.3 is 0 Å². The van der Waals surface area contributed by atoms with Crippen LogP contribution >= 0.6 is 11.3 Å². The first-order valence-corrected chi connectivity index (χ1v) is 39.4. The van der Waals surface area contributed by atoms with Gasteiger partial charge in [-0.05, 0) is 302 Å². The third-order valence-corrected chi connectivity index (χ3v) is 22.0. The zero-order chi connectivity index (χ0) is 152. The molecule has 0 N–H and O–H groups in total. The van der Waals surface area contributed by atoms with E-state index in [-0.39, 0.29) is 75.1 Å². The molecular weight excluding hydrogens is 1570 g/mol. The fourth-order valence-electron chi connectivity index (χ4n) is 14.9. The number of thiophene rings is 1. The first-order chi connectivity index (χ1) is 95.4. The highest BCUT2D eigenvalue weighted by Crippen LogP contribution is 2.48. The van der Waals surface area contributed by atoms with E-state index in [1.165, 1.54) is 20.8 Å². The maximum absolute atomic E-state index is 9.71. The Morgan fingerprint density at radius 3 is 1.03 bits per heavy atom. The van der Waals surface area contributed by atoms with E-state index in [1.54, 1.807) is 0 Å². The molecule has 0 aliphatic rings. The summed E-state index contributed by atoms with van der Waals surface area (Å²) >= 11 is 0.631. The first kappa shape index (κ1) is 31.5. The Labute approximate surface area is 860 Å². The minimum atomic E-state index is -1.04. The van der Waals surface area contributed by atoms with Crippen LogP contribution in [0.4, 0.5) is 0 Å². The number of rotatable bonds is 9. The van der Waals surface area contributed by atoms with Crippen LogP contribution in [0.1, 0.15) is 121 Å². The van der Waals surface area contributed by atoms with Gasteiger partial charge in [-0.15, -0.1) is 11.3 Å². The van der Waals surface area contributed by atoms with Crippen LogP contribution in [0.15, 0.2) is 459 Å². The third kappa shape index (κ3) is 13.7. The number of benzene rings is 24. The van der Waals surface area contributed by atoms with Gasteiger partial charge in [0.25, 0.3) is 0 Å². The molecule has 0 saturated carbocycles. The van der Waals surface area contributed by atoms with Crippen LogP contribution in [-0.2, 0) is 0 Å². The lowest BCUT2D eigenvalue weighted by molar-refractivity contribution is 1.18. The van der Waals surface area contributed by atoms with Gasteiger partial charge in [-0.3, -0.25) is 0 Å². The first-order valence-electron chi connectivity index (χ1n) is 76.6. The molecule has 0 saturated heterocycles. The minimum absolute atomic E-state index is 0.0374. The van der Waals surface area contributed by atoms with Crippen LogP contribution in [-0.4, -0.2) is 4.57 Å². The highest BCUT2D eigenvalue weighted by atomic mass is 32.1. The Balaban J connectivity index is 0.000000152. The molecule has 0 radical (unpaired) electrons. The fraction of sp³-hybridized carbons (Fsp3) is 0.0236. The van der Waals surface area contributed by atoms with Gasteiger partial charge in [-0.1, -0.05) is 392 Å². The smallest absolute Gasteiger partial charge is 0.0648 e. The van der Waals surface area contributed by atoms with Crippen molar-refractivity contribution in [2.45, 2.75) is 20.8 Å². The van der Waals surface area contributed by atoms with Gasteiger partial charge in [0.05, 0.1) is 115 Å². The molecule has 129 heavy (non-hydrogen) atoms. The zero-order valence-corrected chi connectivity index (χ0v) is 66.7. The maximum Gasteiger partial charge on any atom is 0.0648 e. The van der Waals surface area contributed by atoms with E-state index in [1.807, 2.05) is 0 Å². The lowest BCUT2D eigenvalue weighted by atomic mass is 9.91. The third-order valence-electron chi connectivity index (χ3n) is 20.7. The van der Waals surface area contributed by atoms with E-state index in [2.05, 4.69) is 0 Å². The molecule has 0 unspecified atom stereocenters. The van der Waals surface area contributed by atoms with Gasteiger partial charge in [0.2, 0.25) is 0 Å². The largest absolute Gasteiger partial charge is 0.309 e. The number of fused-ring (bicyclic) bond motifs is 23. The summed E-state index contributed by atoms with van der Waals surface area (Å²) in [7, 11) is 0. The molecule has 604 valence electrons. The highest BCUT2D eigenvalue weighted by molar-refractivity contribution is 7.27. The molecule has 26 rings (SSSR count). The number of hydrogen-bond donors (Lipinski definition) is 0. The van der Waals surface area contributed by atoms with Crippen molar-refractivity contribution < 1.29 is 104 Å². The summed E-state index contributed by atoms with van der Waals surface area (Å²) in [6.45, 7) is 4.01. The second-order valence-corrected chi connectivity index (χ2v) is 29.5. The predicted molar refractivity (Wildman–Crippen MR) is 559 cm³/mol. The second kappa shape index (κ2) is 31.8. The maximum atomic E-state index is 9.71. The molecule has 0 bridgehead atoms. The topological polar surface area (TPSA) is 4.93 Å². The van der Waals surface area contributed by atoms with Gasteiger partial charge in [0.15, 0.2) is 0 Å². The normalized spacial score (nSPS) is 19.9. The number of nitrogens with zero attached hydrogens (tertiary/aromatic N) is 1. The SMILES string of the molecule is [2H]c1c([2H])c(-c2c([2H])c([2H])c(-n3c4c([2H])c([2H])c([2H])c([2H])c4c4c([2H])c([2H])c(C)c([2H])c43)c([2H])c2[2H])c([2H])c(-c2c([2H])c([2H])c3c4c([2H])c([2H])c([2H])c([2H])c4c4c([2H])c([2H])c([2H])c([2H])c4c3c2[2H])c1[2H].[2H]c1c([2H])c(-c2c([2H])c([2H])c3c([2H])c(-c4c([2H])c([2H])c5c([2H])c([2H])c(C)c([2H])c5c4[2H])c([2H])c([2H])c3c2[2H])c([2H])c(-c2c([2H])c3c([2H])c([2H])c([2H])c([2H])c3c3c([2H])c([2H])c([2H])c([2H])c23)c1[2H].[2H]c1c([2H])c(C)c([2H])c(-c2c([2H])c([2H])c([2H])c3c2sc2c(-c4c([2H])c([2H])c([2H])c(-c5c([2H])c([2H])c6c7c([2H])c([2H])c([2H])c([2H])c7c7c([2H])c([2H])c([2H])c([2H])c7c6c5[2H])c4[2H])c([2H])c([2H])c([2H])c23)c1[2H]. The van der Waals surface area contributed by atoms with E-state index in [0.717, 1.165) is 4.57 Å². The second-order valence-electron chi connectivity index (χ2n) is 28.5. The average molecular weight is 1730 g/mol. The van der Waals surface area contributed by atoms with Crippen LogP contribution in [0.3, 0.4) is 0 Å². The van der Waals surface area contributed by atoms with Crippen LogP contribution < -0.4 is 0 Å². The number of para-hydroxylation sites is 1. The number of hydrogen-bond acceptors (Lipinski definition) is 1. The molecule has 24 aromatic carbocycles. The molecule has 0 aliphatic heterocycles. The molecule has 2 heterocycles. The summed E-state index contributed by atoms with van der Waals surface area (Å²) in [5, 5.41) is -11.4. The minimum Gasteiger partial charge on any atom is -0.309 e. The fourth-order valence-corrected chi connectivity index (χ4v) is 16.2. The van der Waals surface area contributed by atoms with E-state index >= 15 is 0 Å². The van der Waals surface area contributed by atoms with Gasteiger partial charge in [-0.2, -0.15) is 0 Å². The van der Waals surface area contributed by atoms with Crippen molar-refractivity contribution in [1.82, 2.24) is 4.57 Å². The summed E-state index contributed by atoms with van der Waals surface area (Å²) in [5.74, 6) is 0. The molecule has 0 spiro atoms. The van der Waals surface area contributed by atoms with Crippen molar-refractivity contribution in [3.05, 3.63) is 476 Å². The van der Waals surface area contributed by atoms with Crippen LogP contribution in [0, 0.1) is 20.8 Å². The van der Waals surface area contributed by atoms with Crippen molar-refractivity contribution in [3.63, 3.8) is 0 Å². The van der Waals surface area contributed by atoms with Crippen LogP contribution in [0.25, 0.3) is 244 Å². The van der Waals surface area contributed by atoms with Gasteiger partial charge in [0.1, 0.15) is 0 Å². The van der Waals surface area contributed by atoms with Crippen LogP contribution in [0.2, 0.25) is 0 Å². The molecule has 0 atom stereocenters. The van der Waals surface area contributed by atoms with E-state index < -0.39 is 645 Å². The van der Waals surface area contributed by atoms with E-state index in [0.29, 0.717) is 11.3 Å². The summed E-state index contributed by atoms with van der Waals surface area (Å²) in [5.41, 5.74) is -12.8. The van der Waals surface area contributed by atoms with Gasteiger partial charge < -0.3 is 4.57 Å². The molecule has 0 aliphatic carbocycles. The Morgan fingerprint density at radius 2 is 0.488 bits per heavy atom.